The average Bonchev–Trinajstić information content (AvgIpc) is 3.01. The maximum Gasteiger partial charge on any atom is 0.303 e. The van der Waals surface area contributed by atoms with Crippen LogP contribution in [0.4, 0.5) is 0 Å². The minimum Gasteiger partial charge on any atom is -0.458 e. The van der Waals surface area contributed by atoms with Crippen LogP contribution >= 0.6 is 0 Å². The fraction of sp³-hybridized carbons (Fsp3) is 0.500. The van der Waals surface area contributed by atoms with Crippen LogP contribution in [0.3, 0.4) is 0 Å². The monoisotopic (exact) mass is 514 g/mol. The van der Waals surface area contributed by atoms with Crippen molar-refractivity contribution in [2.75, 3.05) is 7.11 Å². The van der Waals surface area contributed by atoms with Gasteiger partial charge in [-0.2, -0.15) is 0 Å². The lowest BCUT2D eigenvalue weighted by atomic mass is 9.99. The second-order valence-electron chi connectivity index (χ2n) is 10.0. The molecule has 3 rings (SSSR count). The van der Waals surface area contributed by atoms with Gasteiger partial charge in [0.25, 0.3) is 8.32 Å². The fourth-order valence-corrected chi connectivity index (χ4v) is 8.85. The molecule has 1 saturated heterocycles. The van der Waals surface area contributed by atoms with E-state index < -0.39 is 43.8 Å². The first kappa shape index (κ1) is 28.1. The Bertz CT molecular complexity index is 956. The van der Waals surface area contributed by atoms with Gasteiger partial charge in [0.05, 0.1) is 6.10 Å². The van der Waals surface area contributed by atoms with E-state index in [2.05, 4.69) is 13.8 Å². The molecule has 0 radical (unpaired) electrons. The maximum atomic E-state index is 12.4. The Hall–Kier alpha value is -2.52. The van der Waals surface area contributed by atoms with Crippen LogP contribution < -0.4 is 10.4 Å². The Kier molecular flexibility index (Phi) is 9.46. The number of carbonyl (C=O) groups excluding carboxylic acids is 2. The van der Waals surface area contributed by atoms with Crippen LogP contribution in [-0.2, 0) is 28.5 Å². The summed E-state index contributed by atoms with van der Waals surface area (Å²) < 4.78 is 22.7. The number of carbonyl (C=O) groups is 2. The van der Waals surface area contributed by atoms with Gasteiger partial charge < -0.3 is 23.7 Å². The highest BCUT2D eigenvalue weighted by molar-refractivity contribution is 6.98. The van der Waals surface area contributed by atoms with Crippen LogP contribution in [-0.4, -0.2) is 56.8 Å². The van der Waals surface area contributed by atoms with Gasteiger partial charge in [-0.05, 0) is 41.1 Å². The lowest BCUT2D eigenvalue weighted by molar-refractivity contribution is -0.227. The van der Waals surface area contributed by atoms with Crippen molar-refractivity contribution in [3.05, 3.63) is 60.7 Å². The third-order valence-electron chi connectivity index (χ3n) is 7.04. The van der Waals surface area contributed by atoms with Crippen LogP contribution in [0.15, 0.2) is 60.7 Å². The summed E-state index contributed by atoms with van der Waals surface area (Å²) in [6.07, 6.45) is -0.183. The molecule has 0 aliphatic carbocycles. The Morgan fingerprint density at radius 1 is 0.944 bits per heavy atom. The Morgan fingerprint density at radius 3 is 1.94 bits per heavy atom. The molecule has 0 saturated carbocycles. The quantitative estimate of drug-likeness (QED) is 0.405. The number of hydrogen-bond acceptors (Lipinski definition) is 7. The van der Waals surface area contributed by atoms with Crippen molar-refractivity contribution in [1.29, 1.82) is 0 Å². The van der Waals surface area contributed by atoms with E-state index in [4.69, 9.17) is 18.9 Å². The molecule has 4 atom stereocenters. The minimum atomic E-state index is -3.15. The molecule has 7 nitrogen and oxygen atoms in total. The highest BCUT2D eigenvalue weighted by Crippen LogP contribution is 2.41. The van der Waals surface area contributed by atoms with Gasteiger partial charge in [0, 0.05) is 21.0 Å². The summed E-state index contributed by atoms with van der Waals surface area (Å²) in [5.41, 5.74) is 0. The maximum absolute atomic E-state index is 12.4. The molecule has 0 unspecified atom stereocenters. The first-order valence-electron chi connectivity index (χ1n) is 12.4. The summed E-state index contributed by atoms with van der Waals surface area (Å²) in [6.45, 7) is 6.87. The van der Waals surface area contributed by atoms with E-state index in [1.807, 2.05) is 60.7 Å². The Morgan fingerprint density at radius 2 is 1.47 bits per heavy atom. The number of ether oxygens (including phenoxy) is 4. The van der Waals surface area contributed by atoms with E-state index in [1.165, 1.54) is 21.0 Å². The predicted octanol–water partition coefficient (Wildman–Crippen LogP) is 3.31. The molecule has 1 N–H and O–H groups in total. The smallest absolute Gasteiger partial charge is 0.303 e. The third kappa shape index (κ3) is 6.42. The number of benzene rings is 2. The molecule has 196 valence electrons. The van der Waals surface area contributed by atoms with E-state index in [1.54, 1.807) is 0 Å². The van der Waals surface area contributed by atoms with Crippen LogP contribution in [0, 0.1) is 0 Å². The summed E-state index contributed by atoms with van der Waals surface area (Å²) in [4.78, 5) is 35.8. The highest BCUT2D eigenvalue weighted by atomic mass is 28.4. The summed E-state index contributed by atoms with van der Waals surface area (Å²) in [6, 6.07) is 19.8. The number of methoxy groups -OCH3 is 1. The molecular formula is C28H38O7Si. The van der Waals surface area contributed by atoms with Gasteiger partial charge >= 0.3 is 11.9 Å². The molecule has 2 aromatic rings. The molecule has 1 aliphatic rings. The highest BCUT2D eigenvalue weighted by Gasteiger charge is 2.50. The molecule has 0 amide bonds. The van der Waals surface area contributed by atoms with Crippen molar-refractivity contribution in [2.45, 2.75) is 83.0 Å². The van der Waals surface area contributed by atoms with E-state index >= 15 is 0 Å². The van der Waals surface area contributed by atoms with Gasteiger partial charge in [-0.1, -0.05) is 74.5 Å². The molecule has 0 bridgehead atoms. The molecule has 36 heavy (non-hydrogen) atoms. The van der Waals surface area contributed by atoms with Crippen LogP contribution in [0.25, 0.3) is 0 Å². The fourth-order valence-electron chi connectivity index (χ4n) is 5.10. The largest absolute Gasteiger partial charge is 0.458 e. The third-order valence-corrected chi connectivity index (χ3v) is 11.6. The molecule has 1 aliphatic heterocycles. The van der Waals surface area contributed by atoms with Crippen molar-refractivity contribution < 1.29 is 33.3 Å². The molecule has 1 fully saturated rings. The second kappa shape index (κ2) is 12.1. The lowest BCUT2D eigenvalue weighted by Crippen LogP contribution is -2.65. The van der Waals surface area contributed by atoms with E-state index in [0.29, 0.717) is 25.7 Å². The van der Waals surface area contributed by atoms with Gasteiger partial charge in [0.2, 0.25) is 0 Å². The van der Waals surface area contributed by atoms with Gasteiger partial charge in [-0.3, -0.25) is 9.59 Å². The molecule has 2 aromatic carbocycles. The number of hydrogen-bond donors (Lipinski definition) is 1. The summed E-state index contributed by atoms with van der Waals surface area (Å²) in [5.74, 6) is -0.947. The van der Waals surface area contributed by atoms with Gasteiger partial charge in [0.15, 0.2) is 12.4 Å². The normalized spacial score (nSPS) is 22.9. The van der Waals surface area contributed by atoms with Crippen molar-refractivity contribution in [3.63, 3.8) is 0 Å². The molecule has 1 heterocycles. The van der Waals surface area contributed by atoms with Crippen LogP contribution in [0.5, 0.6) is 0 Å². The van der Waals surface area contributed by atoms with E-state index in [0.717, 1.165) is 10.4 Å². The van der Waals surface area contributed by atoms with Crippen molar-refractivity contribution in [2.24, 2.45) is 0 Å². The van der Waals surface area contributed by atoms with E-state index in [-0.39, 0.29) is 6.10 Å². The molecular weight excluding hydrogens is 476 g/mol. The predicted molar refractivity (Wildman–Crippen MR) is 139 cm³/mol. The SMILES string of the molecule is CO[C@@H]1O[C@H](CCC(C)(C)[Si](O)(c2ccccc2)c2ccccc2)CC[C@@H](OC(C)=O)[C@H]1OC(C)=O. The number of esters is 2. The standard InChI is InChI=1S/C28H38O7Si/c1-20(29)33-25-17-16-22(35-27(32-5)26(25)34-21(2)30)18-19-28(3,4)36(31,23-12-8-6-9-13-23)24-14-10-7-11-15-24/h6-15,22,25-27,31H,16-19H2,1-5H3/t22-,25+,26+,27+/m0/s1. The topological polar surface area (TPSA) is 91.3 Å². The van der Waals surface area contributed by atoms with Crippen molar-refractivity contribution in [1.82, 2.24) is 0 Å². The van der Waals surface area contributed by atoms with Crippen LogP contribution in [0.1, 0.15) is 53.4 Å². The van der Waals surface area contributed by atoms with Crippen molar-refractivity contribution in [3.8, 4) is 0 Å². The zero-order valence-corrected chi connectivity index (χ0v) is 22.8. The van der Waals surface area contributed by atoms with Gasteiger partial charge in [-0.25, -0.2) is 0 Å². The zero-order valence-electron chi connectivity index (χ0n) is 21.8. The minimum absolute atomic E-state index is 0.224. The zero-order chi connectivity index (χ0) is 26.3. The summed E-state index contributed by atoms with van der Waals surface area (Å²) >= 11 is 0. The number of rotatable bonds is 9. The lowest BCUT2D eigenvalue weighted by Gasteiger charge is -2.42. The second-order valence-corrected chi connectivity index (χ2v) is 14.0. The average molecular weight is 515 g/mol. The summed E-state index contributed by atoms with van der Waals surface area (Å²) in [5, 5.41) is 1.49. The summed E-state index contributed by atoms with van der Waals surface area (Å²) in [7, 11) is -1.67. The van der Waals surface area contributed by atoms with Crippen LogP contribution in [0.2, 0.25) is 5.04 Å². The molecule has 0 spiro atoms. The molecule has 8 heteroatoms. The molecule has 0 aromatic heterocycles. The van der Waals surface area contributed by atoms with Gasteiger partial charge in [0.1, 0.15) is 6.10 Å². The van der Waals surface area contributed by atoms with Gasteiger partial charge in [-0.15, -0.1) is 0 Å². The Labute approximate surface area is 214 Å². The van der Waals surface area contributed by atoms with E-state index in [9.17, 15) is 14.4 Å². The first-order chi connectivity index (χ1) is 17.1. The Balaban J connectivity index is 1.84. The van der Waals surface area contributed by atoms with Crippen molar-refractivity contribution >= 4 is 30.6 Å². The first-order valence-corrected chi connectivity index (χ1v) is 14.4.